The molecule has 198 valence electrons. The number of hydrogen-bond acceptors (Lipinski definition) is 8. The van der Waals surface area contributed by atoms with E-state index in [1.54, 1.807) is 29.5 Å². The van der Waals surface area contributed by atoms with Gasteiger partial charge in [-0.15, -0.1) is 24.0 Å². The molecule has 0 aliphatic rings. The van der Waals surface area contributed by atoms with E-state index in [1.807, 2.05) is 18.2 Å². The number of fused-ring (bicyclic) bond motifs is 1. The fourth-order valence-corrected chi connectivity index (χ4v) is 3.50. The molecule has 1 aromatic carbocycles. The molecule has 0 saturated heterocycles. The number of carboxylic acid groups (broad SMARTS) is 1. The second-order valence-corrected chi connectivity index (χ2v) is 9.06. The van der Waals surface area contributed by atoms with E-state index in [0.717, 1.165) is 27.4 Å². The normalized spacial score (nSPS) is 10.1. The maximum atomic E-state index is 12.6. The van der Waals surface area contributed by atoms with Crippen molar-refractivity contribution in [3.05, 3.63) is 75.3 Å². The lowest BCUT2D eigenvalue weighted by atomic mass is 10.3. The van der Waals surface area contributed by atoms with E-state index in [9.17, 15) is 19.3 Å². The van der Waals surface area contributed by atoms with Gasteiger partial charge in [-0.1, -0.05) is 47.0 Å². The van der Waals surface area contributed by atoms with E-state index in [0.29, 0.717) is 6.54 Å². The third-order valence-electron chi connectivity index (χ3n) is 4.16. The van der Waals surface area contributed by atoms with Gasteiger partial charge in [-0.25, -0.2) is 9.18 Å². The number of unbranched alkanes of at least 4 members (excludes halogenated alkanes) is 1. The van der Waals surface area contributed by atoms with E-state index in [2.05, 4.69) is 45.3 Å². The summed E-state index contributed by atoms with van der Waals surface area (Å²) in [5, 5.41) is 19.0. The minimum Gasteiger partial charge on any atom is -0.477 e. The number of nitro benzene ring substituents is 1. The first-order chi connectivity index (χ1) is 17.1. The van der Waals surface area contributed by atoms with Crippen molar-refractivity contribution >= 4 is 45.8 Å². The predicted octanol–water partition coefficient (Wildman–Crippen LogP) is 6.86. The number of halogens is 1. The van der Waals surface area contributed by atoms with Crippen molar-refractivity contribution in [2.24, 2.45) is 5.73 Å². The van der Waals surface area contributed by atoms with Gasteiger partial charge in [-0.3, -0.25) is 15.1 Å². The first kappa shape index (κ1) is 32.8. The lowest BCUT2D eigenvalue weighted by Gasteiger charge is -2.17. The molecule has 0 radical (unpaired) electrons. The number of aliphatic carboxylic acids is 1. The molecule has 3 rings (SSSR count). The van der Waals surface area contributed by atoms with E-state index in [-0.39, 0.29) is 16.3 Å². The molecule has 3 aromatic rings. The van der Waals surface area contributed by atoms with Crippen molar-refractivity contribution in [1.29, 1.82) is 0 Å². The van der Waals surface area contributed by atoms with Gasteiger partial charge in [0.25, 0.3) is 5.69 Å². The molecule has 0 saturated carbocycles. The van der Waals surface area contributed by atoms with Crippen LogP contribution in [0, 0.1) is 15.9 Å². The Labute approximate surface area is 221 Å². The predicted molar refractivity (Wildman–Crippen MR) is 148 cm³/mol. The number of thiol groups is 1. The van der Waals surface area contributed by atoms with Gasteiger partial charge in [0.2, 0.25) is 0 Å². The van der Waals surface area contributed by atoms with Gasteiger partial charge in [0.05, 0.1) is 27.8 Å². The fourth-order valence-electron chi connectivity index (χ4n) is 2.29. The Bertz CT molecular complexity index is 1090. The number of nitrogens with two attached hydrogens (primary N) is 1. The fraction of sp³-hybridized carbons (Fsp3) is 0.360. The highest BCUT2D eigenvalue weighted by atomic mass is 32.1. The van der Waals surface area contributed by atoms with E-state index >= 15 is 0 Å². The number of benzene rings is 1. The summed E-state index contributed by atoms with van der Waals surface area (Å²) in [5.41, 5.74) is 6.06. The first-order valence-electron chi connectivity index (χ1n) is 11.4. The van der Waals surface area contributed by atoms with Crippen molar-refractivity contribution < 1.29 is 19.2 Å². The number of thiophene rings is 1. The number of nitrogens with zero attached hydrogens (tertiary/aromatic N) is 3. The lowest BCUT2D eigenvalue weighted by molar-refractivity contribution is -0.385. The lowest BCUT2D eigenvalue weighted by Crippen LogP contribution is -2.23. The Kier molecular flexibility index (Phi) is 16.5. The van der Waals surface area contributed by atoms with Crippen molar-refractivity contribution in [3.63, 3.8) is 0 Å². The maximum absolute atomic E-state index is 12.6. The van der Waals surface area contributed by atoms with Gasteiger partial charge >= 0.3 is 5.97 Å². The van der Waals surface area contributed by atoms with Crippen LogP contribution in [-0.4, -0.2) is 32.9 Å². The summed E-state index contributed by atoms with van der Waals surface area (Å²) in [5.74, 6) is -1.71. The van der Waals surface area contributed by atoms with Gasteiger partial charge in [0.1, 0.15) is 11.5 Å². The van der Waals surface area contributed by atoms with Gasteiger partial charge in [-0.2, -0.15) is 0 Å². The quantitative estimate of drug-likeness (QED) is 0.136. The molecule has 11 heteroatoms. The van der Waals surface area contributed by atoms with Crippen LogP contribution < -0.4 is 5.73 Å². The summed E-state index contributed by atoms with van der Waals surface area (Å²) in [6, 6.07) is 9.12. The van der Waals surface area contributed by atoms with Crippen molar-refractivity contribution in [2.75, 3.05) is 7.05 Å². The third kappa shape index (κ3) is 12.0. The summed E-state index contributed by atoms with van der Waals surface area (Å²) >= 11 is 5.32. The Balaban J connectivity index is 0.000000577. The monoisotopic (exact) mass is 538 g/mol. The molecule has 2 aromatic heterocycles. The zero-order valence-corrected chi connectivity index (χ0v) is 23.0. The molecule has 36 heavy (non-hydrogen) atoms. The van der Waals surface area contributed by atoms with Crippen LogP contribution in [0.25, 0.3) is 10.2 Å². The number of carboxylic acids is 1. The van der Waals surface area contributed by atoms with Crippen molar-refractivity contribution in [1.82, 2.24) is 9.88 Å². The van der Waals surface area contributed by atoms with E-state index in [1.165, 1.54) is 31.4 Å². The molecule has 3 N–H and O–H groups in total. The SMILES string of the molecule is CCC.CCCC.CN(Cc1cc2ncccc2s1)/C(=C\N)C(=O)O.O=[N+]([O-])c1ccc(S)c(F)c1. The Morgan fingerprint density at radius 3 is 2.31 bits per heavy atom. The Morgan fingerprint density at radius 2 is 1.86 bits per heavy atom. The highest BCUT2D eigenvalue weighted by molar-refractivity contribution is 7.80. The van der Waals surface area contributed by atoms with Gasteiger partial charge in [-0.05, 0) is 24.3 Å². The summed E-state index contributed by atoms with van der Waals surface area (Å²) in [4.78, 5) is 27.4. The van der Waals surface area contributed by atoms with Crippen LogP contribution in [0.4, 0.5) is 10.1 Å². The van der Waals surface area contributed by atoms with E-state index < -0.39 is 16.7 Å². The standard InChI is InChI=1S/C12H13N3O2S.C6H4FNO2S.C4H10.C3H8/c1-15(10(6-13)12(16)17)7-8-5-9-11(18-8)3-2-4-14-9;7-5-3-4(8(9)10)1-2-6(5)11;1-3-4-2;1-3-2/h2-6H,7,13H2,1H3,(H,16,17);1-3,11H;3-4H2,1-2H3;3H2,1-2H3/b10-6-;;;. The number of aromatic nitrogens is 1. The van der Waals surface area contributed by atoms with Crippen molar-refractivity contribution in [2.45, 2.75) is 58.4 Å². The number of non-ortho nitro benzene ring substituents is 1. The zero-order chi connectivity index (χ0) is 27.7. The number of rotatable bonds is 6. The molecule has 0 fully saturated rings. The number of nitro groups is 1. The van der Waals surface area contributed by atoms with E-state index in [4.69, 9.17) is 10.8 Å². The number of carbonyl (C=O) groups is 1. The molecule has 8 nitrogen and oxygen atoms in total. The topological polar surface area (TPSA) is 123 Å². The molecule has 2 heterocycles. The van der Waals surface area contributed by atoms with Crippen LogP contribution in [-0.2, 0) is 11.3 Å². The van der Waals surface area contributed by atoms with Gasteiger partial charge in [0.15, 0.2) is 0 Å². The largest absolute Gasteiger partial charge is 0.477 e. The molecule has 0 amide bonds. The van der Waals surface area contributed by atoms with Crippen LogP contribution in [0.5, 0.6) is 0 Å². The highest BCUT2D eigenvalue weighted by Gasteiger charge is 2.14. The highest BCUT2D eigenvalue weighted by Crippen LogP contribution is 2.25. The van der Waals surface area contributed by atoms with Crippen molar-refractivity contribution in [3.8, 4) is 0 Å². The molecular weight excluding hydrogens is 503 g/mol. The van der Waals surface area contributed by atoms with Gasteiger partial charge in [0, 0.05) is 35.3 Å². The summed E-state index contributed by atoms with van der Waals surface area (Å²) in [7, 11) is 1.70. The van der Waals surface area contributed by atoms with Crippen LogP contribution in [0.1, 0.15) is 51.8 Å². The average Bonchev–Trinajstić information content (AvgIpc) is 3.24. The molecule has 0 aliphatic heterocycles. The molecule has 0 spiro atoms. The average molecular weight is 539 g/mol. The molecule has 0 unspecified atom stereocenters. The van der Waals surface area contributed by atoms with Crippen LogP contribution in [0.15, 0.2) is 59.4 Å². The van der Waals surface area contributed by atoms with Crippen LogP contribution in [0.3, 0.4) is 0 Å². The minimum absolute atomic E-state index is 0.0837. The molecular formula is C25H35FN4O4S2. The summed E-state index contributed by atoms with van der Waals surface area (Å²) < 4.78 is 13.7. The molecule has 0 bridgehead atoms. The summed E-state index contributed by atoms with van der Waals surface area (Å²) in [6.07, 6.45) is 6.74. The third-order valence-corrected chi connectivity index (χ3v) is 5.60. The Morgan fingerprint density at radius 1 is 1.25 bits per heavy atom. The van der Waals surface area contributed by atoms with Crippen LogP contribution in [0.2, 0.25) is 0 Å². The van der Waals surface area contributed by atoms with Crippen LogP contribution >= 0.6 is 24.0 Å². The van der Waals surface area contributed by atoms with Gasteiger partial charge < -0.3 is 15.7 Å². The number of hydrogen-bond donors (Lipinski definition) is 3. The Hall–Kier alpha value is -3.18. The first-order valence-corrected chi connectivity index (χ1v) is 12.6. The summed E-state index contributed by atoms with van der Waals surface area (Å²) in [6.45, 7) is 9.11. The zero-order valence-electron chi connectivity index (χ0n) is 21.3. The smallest absolute Gasteiger partial charge is 0.353 e. The maximum Gasteiger partial charge on any atom is 0.353 e. The second kappa shape index (κ2) is 18.1. The second-order valence-electron chi connectivity index (χ2n) is 7.41. The minimum atomic E-state index is -1.03. The molecule has 0 atom stereocenters. The number of pyridine rings is 1. The molecule has 0 aliphatic carbocycles. The number of likely N-dealkylation sites (N-methyl/N-ethyl adjacent to an activating group) is 1.